The maximum atomic E-state index is 5.94. The van der Waals surface area contributed by atoms with Crippen LogP contribution in [-0.4, -0.2) is 15.8 Å². The van der Waals surface area contributed by atoms with Crippen LogP contribution in [-0.2, 0) is 13.6 Å². The minimum absolute atomic E-state index is 0.492. The van der Waals surface area contributed by atoms with E-state index < -0.39 is 0 Å². The zero-order valence-corrected chi connectivity index (χ0v) is 12.9. The molecule has 2 aromatic rings. The van der Waals surface area contributed by atoms with E-state index in [1.165, 1.54) is 5.56 Å². The van der Waals surface area contributed by atoms with Crippen LogP contribution in [0.1, 0.15) is 30.8 Å². The minimum atomic E-state index is 0.492. The van der Waals surface area contributed by atoms with E-state index in [0.29, 0.717) is 6.04 Å². The summed E-state index contributed by atoms with van der Waals surface area (Å²) in [5.74, 6) is 1.69. The van der Waals surface area contributed by atoms with E-state index in [1.54, 1.807) is 0 Å². The number of aromatic nitrogens is 2. The van der Waals surface area contributed by atoms with Crippen LogP contribution in [0.3, 0.4) is 0 Å². The molecule has 0 saturated carbocycles. The zero-order chi connectivity index (χ0) is 14.7. The highest BCUT2D eigenvalue weighted by molar-refractivity contribution is 5.38. The Morgan fingerprint density at radius 2 is 1.85 bits per heavy atom. The Morgan fingerprint density at radius 3 is 2.35 bits per heavy atom. The second-order valence-corrected chi connectivity index (χ2v) is 5.41. The fourth-order valence-corrected chi connectivity index (χ4v) is 2.02. The van der Waals surface area contributed by atoms with Crippen LogP contribution in [0.2, 0.25) is 0 Å². The van der Waals surface area contributed by atoms with Gasteiger partial charge in [-0.3, -0.25) is 4.68 Å². The average Bonchev–Trinajstić information content (AvgIpc) is 2.64. The van der Waals surface area contributed by atoms with Gasteiger partial charge < -0.3 is 10.1 Å². The molecule has 0 saturated heterocycles. The highest BCUT2D eigenvalue weighted by Gasteiger charge is 2.11. The lowest BCUT2D eigenvalue weighted by Crippen LogP contribution is -2.21. The van der Waals surface area contributed by atoms with Gasteiger partial charge in [0.25, 0.3) is 0 Å². The zero-order valence-electron chi connectivity index (χ0n) is 12.9. The van der Waals surface area contributed by atoms with Crippen LogP contribution < -0.4 is 10.1 Å². The summed E-state index contributed by atoms with van der Waals surface area (Å²) in [4.78, 5) is 0. The van der Waals surface area contributed by atoms with Crippen molar-refractivity contribution < 1.29 is 4.74 Å². The molecule has 0 spiro atoms. The number of hydrogen-bond acceptors (Lipinski definition) is 3. The SMILES string of the molecule is Cc1nn(C)c(C)c1Oc1ccc(CNC(C)C)cc1. The predicted molar refractivity (Wildman–Crippen MR) is 81.2 cm³/mol. The molecule has 1 aromatic carbocycles. The second kappa shape index (κ2) is 6.09. The van der Waals surface area contributed by atoms with Gasteiger partial charge >= 0.3 is 0 Å². The molecule has 1 heterocycles. The molecule has 0 fully saturated rings. The highest BCUT2D eigenvalue weighted by Crippen LogP contribution is 2.27. The molecule has 20 heavy (non-hydrogen) atoms. The maximum Gasteiger partial charge on any atom is 0.171 e. The molecule has 0 amide bonds. The average molecular weight is 273 g/mol. The van der Waals surface area contributed by atoms with Crippen LogP contribution in [0.15, 0.2) is 24.3 Å². The smallest absolute Gasteiger partial charge is 0.171 e. The molecule has 0 aliphatic rings. The molecule has 0 radical (unpaired) electrons. The molecule has 0 unspecified atom stereocenters. The lowest BCUT2D eigenvalue weighted by molar-refractivity contribution is 0.473. The van der Waals surface area contributed by atoms with Gasteiger partial charge in [-0.25, -0.2) is 0 Å². The van der Waals surface area contributed by atoms with Gasteiger partial charge in [0.05, 0.1) is 5.69 Å². The fourth-order valence-electron chi connectivity index (χ4n) is 2.02. The molecule has 4 nitrogen and oxygen atoms in total. The Hall–Kier alpha value is -1.81. The third-order valence-electron chi connectivity index (χ3n) is 3.30. The largest absolute Gasteiger partial charge is 0.453 e. The van der Waals surface area contributed by atoms with E-state index in [0.717, 1.165) is 29.4 Å². The van der Waals surface area contributed by atoms with E-state index in [1.807, 2.05) is 37.7 Å². The lowest BCUT2D eigenvalue weighted by Gasteiger charge is -2.09. The molecular formula is C16H23N3O. The van der Waals surface area contributed by atoms with Crippen molar-refractivity contribution in [2.45, 2.75) is 40.3 Å². The normalized spacial score (nSPS) is 11.1. The van der Waals surface area contributed by atoms with Gasteiger partial charge in [-0.1, -0.05) is 26.0 Å². The van der Waals surface area contributed by atoms with Crippen molar-refractivity contribution in [1.82, 2.24) is 15.1 Å². The van der Waals surface area contributed by atoms with Crippen molar-refractivity contribution in [3.8, 4) is 11.5 Å². The third-order valence-corrected chi connectivity index (χ3v) is 3.30. The number of nitrogens with zero attached hydrogens (tertiary/aromatic N) is 2. The van der Waals surface area contributed by atoms with Crippen molar-refractivity contribution >= 4 is 0 Å². The maximum absolute atomic E-state index is 5.94. The van der Waals surface area contributed by atoms with Crippen LogP contribution in [0.4, 0.5) is 0 Å². The fraction of sp³-hybridized carbons (Fsp3) is 0.438. The lowest BCUT2D eigenvalue weighted by atomic mass is 10.2. The first-order valence-electron chi connectivity index (χ1n) is 6.97. The van der Waals surface area contributed by atoms with E-state index in [2.05, 4.69) is 36.4 Å². The van der Waals surface area contributed by atoms with Crippen LogP contribution in [0.5, 0.6) is 11.5 Å². The molecule has 0 bridgehead atoms. The predicted octanol–water partition coefficient (Wildman–Crippen LogP) is 3.33. The van der Waals surface area contributed by atoms with E-state index in [-0.39, 0.29) is 0 Å². The number of ether oxygens (including phenoxy) is 1. The summed E-state index contributed by atoms with van der Waals surface area (Å²) in [7, 11) is 1.93. The third kappa shape index (κ3) is 3.39. The molecule has 0 atom stereocenters. The van der Waals surface area contributed by atoms with Gasteiger partial charge in [0, 0.05) is 19.6 Å². The summed E-state index contributed by atoms with van der Waals surface area (Å²) in [5.41, 5.74) is 3.20. The van der Waals surface area contributed by atoms with Gasteiger partial charge in [-0.15, -0.1) is 0 Å². The van der Waals surface area contributed by atoms with Crippen molar-refractivity contribution in [1.29, 1.82) is 0 Å². The number of nitrogens with one attached hydrogen (secondary N) is 1. The summed E-state index contributed by atoms with van der Waals surface area (Å²) in [6.07, 6.45) is 0. The van der Waals surface area contributed by atoms with Gasteiger partial charge in [0.1, 0.15) is 11.4 Å². The summed E-state index contributed by atoms with van der Waals surface area (Å²) in [6.45, 7) is 9.14. The highest BCUT2D eigenvalue weighted by atomic mass is 16.5. The second-order valence-electron chi connectivity index (χ2n) is 5.41. The molecule has 4 heteroatoms. The number of rotatable bonds is 5. The molecule has 108 valence electrons. The van der Waals surface area contributed by atoms with Crippen molar-refractivity contribution in [2.75, 3.05) is 0 Å². The monoisotopic (exact) mass is 273 g/mol. The van der Waals surface area contributed by atoms with Crippen LogP contribution >= 0.6 is 0 Å². The van der Waals surface area contributed by atoms with Gasteiger partial charge in [-0.2, -0.15) is 5.10 Å². The first-order chi connectivity index (χ1) is 9.47. The molecule has 1 N–H and O–H groups in total. The molecule has 1 aromatic heterocycles. The molecular weight excluding hydrogens is 250 g/mol. The Bertz CT molecular complexity index is 570. The number of aryl methyl sites for hydroxylation is 2. The summed E-state index contributed by atoms with van der Waals surface area (Å²) < 4.78 is 7.78. The van der Waals surface area contributed by atoms with Crippen molar-refractivity contribution in [3.63, 3.8) is 0 Å². The molecule has 0 aliphatic carbocycles. The Kier molecular flexibility index (Phi) is 4.45. The quantitative estimate of drug-likeness (QED) is 0.908. The molecule has 0 aliphatic heterocycles. The topological polar surface area (TPSA) is 39.1 Å². The molecule has 2 rings (SSSR count). The van der Waals surface area contributed by atoms with Crippen LogP contribution in [0.25, 0.3) is 0 Å². The first-order valence-corrected chi connectivity index (χ1v) is 6.97. The summed E-state index contributed by atoms with van der Waals surface area (Å²) in [5, 5.41) is 7.75. The summed E-state index contributed by atoms with van der Waals surface area (Å²) in [6, 6.07) is 8.68. The number of hydrogen-bond donors (Lipinski definition) is 1. The standard InChI is InChI=1S/C16H23N3O/c1-11(2)17-10-14-6-8-15(9-7-14)20-16-12(3)18-19(5)13(16)4/h6-9,11,17H,10H2,1-5H3. The van der Waals surface area contributed by atoms with Gasteiger partial charge in [0.2, 0.25) is 0 Å². The minimum Gasteiger partial charge on any atom is -0.453 e. The first kappa shape index (κ1) is 14.6. The Labute approximate surface area is 120 Å². The van der Waals surface area contributed by atoms with E-state index in [4.69, 9.17) is 4.74 Å². The van der Waals surface area contributed by atoms with E-state index >= 15 is 0 Å². The van der Waals surface area contributed by atoms with E-state index in [9.17, 15) is 0 Å². The van der Waals surface area contributed by atoms with Crippen molar-refractivity contribution in [3.05, 3.63) is 41.2 Å². The Balaban J connectivity index is 2.07. The summed E-state index contributed by atoms with van der Waals surface area (Å²) >= 11 is 0. The van der Waals surface area contributed by atoms with Gasteiger partial charge in [-0.05, 0) is 31.5 Å². The number of benzene rings is 1. The van der Waals surface area contributed by atoms with Crippen LogP contribution in [0, 0.1) is 13.8 Å². The van der Waals surface area contributed by atoms with Gasteiger partial charge in [0.15, 0.2) is 5.75 Å². The Morgan fingerprint density at radius 1 is 1.20 bits per heavy atom. The van der Waals surface area contributed by atoms with Crippen molar-refractivity contribution in [2.24, 2.45) is 7.05 Å².